The van der Waals surface area contributed by atoms with Crippen LogP contribution in [0.25, 0.3) is 21.8 Å². The maximum atomic E-state index is 12.8. The van der Waals surface area contributed by atoms with Gasteiger partial charge in [-0.2, -0.15) is 0 Å². The van der Waals surface area contributed by atoms with E-state index in [9.17, 15) is 14.4 Å². The van der Waals surface area contributed by atoms with E-state index in [1.165, 1.54) is 31.2 Å². The molecule has 3 N–H and O–H groups in total. The minimum absolute atomic E-state index is 0.209. The third kappa shape index (κ3) is 5.38. The average molecular weight is 498 g/mol. The predicted molar refractivity (Wildman–Crippen MR) is 132 cm³/mol. The van der Waals surface area contributed by atoms with E-state index in [4.69, 9.17) is 21.1 Å². The number of benzene rings is 2. The second-order valence-corrected chi connectivity index (χ2v) is 8.22. The van der Waals surface area contributed by atoms with E-state index in [2.05, 4.69) is 20.6 Å². The Labute approximate surface area is 205 Å². The number of fused-ring (bicyclic) bond motifs is 2. The van der Waals surface area contributed by atoms with Gasteiger partial charge < -0.3 is 25.1 Å². The summed E-state index contributed by atoms with van der Waals surface area (Å²) in [6.07, 6.45) is 3.77. The third-order valence-electron chi connectivity index (χ3n) is 5.54. The summed E-state index contributed by atoms with van der Waals surface area (Å²) in [7, 11) is 2.96. The molecule has 0 fully saturated rings. The fourth-order valence-corrected chi connectivity index (χ4v) is 3.92. The first-order chi connectivity index (χ1) is 16.9. The van der Waals surface area contributed by atoms with E-state index in [1.807, 2.05) is 24.4 Å². The lowest BCUT2D eigenvalue weighted by Crippen LogP contribution is -2.40. The largest absolute Gasteiger partial charge is 0.493 e. The van der Waals surface area contributed by atoms with Gasteiger partial charge in [0, 0.05) is 34.7 Å². The van der Waals surface area contributed by atoms with E-state index >= 15 is 0 Å². The molecule has 2 heterocycles. The average Bonchev–Trinajstić information content (AvgIpc) is 3.25. The molecule has 4 rings (SSSR count). The number of hydrogen-bond acceptors (Lipinski definition) is 6. The molecule has 4 aromatic rings. The lowest BCUT2D eigenvalue weighted by atomic mass is 10.1. The first-order valence-corrected chi connectivity index (χ1v) is 11.2. The maximum Gasteiger partial charge on any atom is 0.261 e. The van der Waals surface area contributed by atoms with E-state index < -0.39 is 11.5 Å². The Bertz CT molecular complexity index is 1460. The van der Waals surface area contributed by atoms with Gasteiger partial charge in [-0.1, -0.05) is 11.6 Å². The molecule has 0 aliphatic rings. The van der Waals surface area contributed by atoms with Crippen LogP contribution >= 0.6 is 11.6 Å². The van der Waals surface area contributed by atoms with Gasteiger partial charge in [0.25, 0.3) is 5.56 Å². The van der Waals surface area contributed by atoms with Gasteiger partial charge in [0.2, 0.25) is 11.8 Å². The van der Waals surface area contributed by atoms with Crippen LogP contribution in [0.4, 0.5) is 0 Å². The Morgan fingerprint density at radius 3 is 2.60 bits per heavy atom. The quantitative estimate of drug-likeness (QED) is 0.324. The van der Waals surface area contributed by atoms with Crippen LogP contribution in [0.15, 0.2) is 47.7 Å². The molecule has 0 radical (unpaired) electrons. The van der Waals surface area contributed by atoms with E-state index in [-0.39, 0.29) is 24.4 Å². The zero-order valence-electron chi connectivity index (χ0n) is 19.2. The van der Waals surface area contributed by atoms with E-state index in [0.717, 1.165) is 16.5 Å². The summed E-state index contributed by atoms with van der Waals surface area (Å²) in [6.45, 7) is -0.0909. The molecule has 0 aliphatic carbocycles. The minimum Gasteiger partial charge on any atom is -0.493 e. The Morgan fingerprint density at radius 2 is 1.83 bits per heavy atom. The molecule has 182 valence electrons. The SMILES string of the molecule is COc1cc2ncn(CC(=O)NCC(=O)NCCc3c[nH]c4ccc(Cl)cc34)c(=O)c2cc1OC. The van der Waals surface area contributed by atoms with Crippen molar-refractivity contribution in [1.82, 2.24) is 25.2 Å². The van der Waals surface area contributed by atoms with Crippen molar-refractivity contribution in [3.63, 3.8) is 0 Å². The number of aromatic amines is 1. The number of halogens is 1. The highest BCUT2D eigenvalue weighted by Crippen LogP contribution is 2.29. The zero-order valence-corrected chi connectivity index (χ0v) is 19.9. The van der Waals surface area contributed by atoms with Crippen LogP contribution in [0.1, 0.15) is 5.56 Å². The summed E-state index contributed by atoms with van der Waals surface area (Å²) < 4.78 is 11.6. The second-order valence-electron chi connectivity index (χ2n) is 7.78. The molecule has 2 aromatic carbocycles. The molecule has 0 saturated carbocycles. The molecule has 35 heavy (non-hydrogen) atoms. The molecule has 0 unspecified atom stereocenters. The molecule has 0 bridgehead atoms. The van der Waals surface area contributed by atoms with Crippen LogP contribution in [-0.2, 0) is 22.6 Å². The Morgan fingerprint density at radius 1 is 1.06 bits per heavy atom. The molecule has 0 saturated heterocycles. The van der Waals surface area contributed by atoms with E-state index in [1.54, 1.807) is 6.07 Å². The highest BCUT2D eigenvalue weighted by Gasteiger charge is 2.13. The molecular weight excluding hydrogens is 474 g/mol. The van der Waals surface area contributed by atoms with Crippen molar-refractivity contribution in [2.75, 3.05) is 27.3 Å². The normalized spacial score (nSPS) is 10.9. The third-order valence-corrected chi connectivity index (χ3v) is 5.77. The van der Waals surface area contributed by atoms with Crippen LogP contribution < -0.4 is 25.7 Å². The van der Waals surface area contributed by atoms with Crippen molar-refractivity contribution >= 4 is 45.2 Å². The fraction of sp³-hybridized carbons (Fsp3) is 0.250. The summed E-state index contributed by atoms with van der Waals surface area (Å²) in [4.78, 5) is 44.7. The number of aromatic nitrogens is 3. The van der Waals surface area contributed by atoms with Crippen molar-refractivity contribution in [2.24, 2.45) is 0 Å². The summed E-state index contributed by atoms with van der Waals surface area (Å²) in [5.74, 6) is 0.00240. The van der Waals surface area contributed by atoms with Crippen LogP contribution in [-0.4, -0.2) is 53.7 Å². The van der Waals surface area contributed by atoms with Gasteiger partial charge in [-0.05, 0) is 36.2 Å². The summed E-state index contributed by atoms with van der Waals surface area (Å²) in [5, 5.41) is 7.23. The first-order valence-electron chi connectivity index (χ1n) is 10.8. The van der Waals surface area contributed by atoms with Crippen LogP contribution in [0.5, 0.6) is 11.5 Å². The number of ether oxygens (including phenoxy) is 2. The predicted octanol–water partition coefficient (Wildman–Crippen LogP) is 2.02. The van der Waals surface area contributed by atoms with E-state index in [0.29, 0.717) is 35.0 Å². The van der Waals surface area contributed by atoms with Crippen LogP contribution in [0, 0.1) is 0 Å². The van der Waals surface area contributed by atoms with Crippen LogP contribution in [0.3, 0.4) is 0 Å². The monoisotopic (exact) mass is 497 g/mol. The van der Waals surface area contributed by atoms with Gasteiger partial charge >= 0.3 is 0 Å². The minimum atomic E-state index is -0.491. The number of nitrogens with one attached hydrogen (secondary N) is 3. The maximum absolute atomic E-state index is 12.8. The number of nitrogens with zero attached hydrogens (tertiary/aromatic N) is 2. The Balaban J connectivity index is 1.30. The number of hydrogen-bond donors (Lipinski definition) is 3. The summed E-state index contributed by atoms with van der Waals surface area (Å²) in [6, 6.07) is 8.70. The number of H-pyrrole nitrogens is 1. The zero-order chi connectivity index (χ0) is 24.9. The molecule has 0 atom stereocenters. The van der Waals surface area contributed by atoms with Gasteiger partial charge in [-0.25, -0.2) is 4.98 Å². The lowest BCUT2D eigenvalue weighted by Gasteiger charge is -2.11. The summed E-state index contributed by atoms with van der Waals surface area (Å²) in [5.41, 5.74) is 2.01. The first kappa shape index (κ1) is 24.1. The van der Waals surface area contributed by atoms with Crippen molar-refractivity contribution in [3.05, 3.63) is 63.8 Å². The Kier molecular flexibility index (Phi) is 7.21. The number of rotatable bonds is 9. The molecule has 2 amide bonds. The number of carbonyl (C=O) groups is 2. The molecule has 2 aromatic heterocycles. The second kappa shape index (κ2) is 10.5. The van der Waals surface area contributed by atoms with Crippen molar-refractivity contribution in [3.8, 4) is 11.5 Å². The number of amides is 2. The molecule has 11 heteroatoms. The fourth-order valence-electron chi connectivity index (χ4n) is 3.74. The van der Waals surface area contributed by atoms with Gasteiger partial charge in [-0.15, -0.1) is 0 Å². The summed E-state index contributed by atoms with van der Waals surface area (Å²) >= 11 is 6.07. The number of carbonyl (C=O) groups excluding carboxylic acids is 2. The van der Waals surface area contributed by atoms with Gasteiger partial charge in [0.05, 0.1) is 38.0 Å². The number of methoxy groups -OCH3 is 2. The highest BCUT2D eigenvalue weighted by molar-refractivity contribution is 6.31. The van der Waals surface area contributed by atoms with Crippen molar-refractivity contribution in [2.45, 2.75) is 13.0 Å². The van der Waals surface area contributed by atoms with Crippen LogP contribution in [0.2, 0.25) is 5.02 Å². The van der Waals surface area contributed by atoms with Crippen molar-refractivity contribution < 1.29 is 19.1 Å². The molecule has 0 aliphatic heterocycles. The molecule has 0 spiro atoms. The van der Waals surface area contributed by atoms with Gasteiger partial charge in [0.1, 0.15) is 6.54 Å². The lowest BCUT2D eigenvalue weighted by molar-refractivity contribution is -0.126. The smallest absolute Gasteiger partial charge is 0.261 e. The van der Waals surface area contributed by atoms with Crippen molar-refractivity contribution in [1.29, 1.82) is 0 Å². The standard InChI is InChI=1S/C24H24ClN5O5/c1-34-20-8-17-19(9-21(20)35-2)29-13-30(24(17)33)12-23(32)28-11-22(31)26-6-5-14-10-27-18-4-3-15(25)7-16(14)18/h3-4,7-10,13,27H,5-6,11-12H2,1-2H3,(H,26,31)(H,28,32). The van der Waals surface area contributed by atoms with Gasteiger partial charge in [-0.3, -0.25) is 19.0 Å². The Hall–Kier alpha value is -4.05. The molecular formula is C24H24ClN5O5. The van der Waals surface area contributed by atoms with Gasteiger partial charge in [0.15, 0.2) is 11.5 Å². The highest BCUT2D eigenvalue weighted by atomic mass is 35.5. The topological polar surface area (TPSA) is 127 Å². The molecule has 10 nitrogen and oxygen atoms in total.